The topological polar surface area (TPSA) is 70.1 Å². The summed E-state index contributed by atoms with van der Waals surface area (Å²) in [4.78, 5) is 11.7. The number of nitrogens with one attached hydrogen (secondary N) is 2. The fraction of sp³-hybridized carbons (Fsp3) is 0.615. The Morgan fingerprint density at radius 3 is 3.11 bits per heavy atom. The van der Waals surface area contributed by atoms with Crippen LogP contribution in [-0.4, -0.2) is 21.8 Å². The molecular weight excluding hydrogens is 228 g/mol. The van der Waals surface area contributed by atoms with Crippen LogP contribution in [0.2, 0.25) is 0 Å². The van der Waals surface area contributed by atoms with Crippen molar-refractivity contribution in [2.45, 2.75) is 46.0 Å². The maximum absolute atomic E-state index is 11.7. The summed E-state index contributed by atoms with van der Waals surface area (Å²) in [5.41, 5.74) is 5.46. The van der Waals surface area contributed by atoms with Crippen molar-refractivity contribution in [3.05, 3.63) is 17.5 Å². The lowest BCUT2D eigenvalue weighted by molar-refractivity contribution is -0.120. The van der Waals surface area contributed by atoms with E-state index in [0.29, 0.717) is 0 Å². The first-order valence-electron chi connectivity index (χ1n) is 6.52. The number of aryl methyl sites for hydroxylation is 1. The van der Waals surface area contributed by atoms with Crippen molar-refractivity contribution in [3.8, 4) is 0 Å². The predicted octanol–water partition coefficient (Wildman–Crippen LogP) is 1.94. The van der Waals surface area contributed by atoms with Gasteiger partial charge >= 0.3 is 0 Å². The van der Waals surface area contributed by atoms with Gasteiger partial charge in [0.2, 0.25) is 5.91 Å². The van der Waals surface area contributed by atoms with Gasteiger partial charge in [0, 0.05) is 11.4 Å². The van der Waals surface area contributed by atoms with Crippen LogP contribution in [0.15, 0.2) is 11.2 Å². The van der Waals surface area contributed by atoms with Gasteiger partial charge in [-0.3, -0.25) is 9.89 Å². The Morgan fingerprint density at radius 1 is 1.67 bits per heavy atom. The molecule has 0 radical (unpaired) electrons. The summed E-state index contributed by atoms with van der Waals surface area (Å²) in [6.07, 6.45) is 4.71. The Hall–Kier alpha value is -1.65. The van der Waals surface area contributed by atoms with Gasteiger partial charge < -0.3 is 0 Å². The van der Waals surface area contributed by atoms with E-state index < -0.39 is 0 Å². The van der Waals surface area contributed by atoms with Gasteiger partial charge in [-0.1, -0.05) is 13.3 Å². The van der Waals surface area contributed by atoms with Crippen LogP contribution in [0.4, 0.5) is 0 Å². The van der Waals surface area contributed by atoms with Crippen molar-refractivity contribution in [3.63, 3.8) is 0 Å². The molecule has 0 unspecified atom stereocenters. The van der Waals surface area contributed by atoms with E-state index in [-0.39, 0.29) is 12.3 Å². The molecule has 98 valence electrons. The first-order chi connectivity index (χ1) is 8.67. The lowest BCUT2D eigenvalue weighted by atomic mass is 10.1. The largest absolute Gasteiger partial charge is 0.283 e. The zero-order valence-electron chi connectivity index (χ0n) is 11.0. The summed E-state index contributed by atoms with van der Waals surface area (Å²) < 4.78 is 0. The Labute approximate surface area is 107 Å². The van der Waals surface area contributed by atoms with Crippen molar-refractivity contribution in [1.29, 1.82) is 0 Å². The van der Waals surface area contributed by atoms with Crippen LogP contribution in [0.5, 0.6) is 0 Å². The number of hydrogen-bond donors (Lipinski definition) is 2. The second kappa shape index (κ2) is 5.80. The first kappa shape index (κ1) is 12.8. The molecule has 1 atom stereocenters. The fourth-order valence-corrected chi connectivity index (χ4v) is 2.27. The third-order valence-electron chi connectivity index (χ3n) is 3.38. The molecule has 0 aromatic carbocycles. The molecule has 1 saturated carbocycles. The van der Waals surface area contributed by atoms with Crippen LogP contribution in [0.25, 0.3) is 0 Å². The summed E-state index contributed by atoms with van der Waals surface area (Å²) >= 11 is 0. The highest BCUT2D eigenvalue weighted by molar-refractivity contribution is 5.88. The van der Waals surface area contributed by atoms with Gasteiger partial charge in [-0.15, -0.1) is 0 Å². The lowest BCUT2D eigenvalue weighted by Crippen LogP contribution is -2.21. The number of rotatable bonds is 4. The predicted molar refractivity (Wildman–Crippen MR) is 70.2 cm³/mol. The fourth-order valence-electron chi connectivity index (χ4n) is 2.27. The van der Waals surface area contributed by atoms with Crippen molar-refractivity contribution in [1.82, 2.24) is 15.6 Å². The smallest absolute Gasteiger partial charge is 0.246 e. The molecule has 5 nitrogen and oxygen atoms in total. The number of carbonyl (C=O) groups excluding carboxylic acids is 1. The van der Waals surface area contributed by atoms with Crippen molar-refractivity contribution in [2.75, 3.05) is 0 Å². The Morgan fingerprint density at radius 2 is 2.50 bits per heavy atom. The summed E-state index contributed by atoms with van der Waals surface area (Å²) in [5.74, 6) is 0.642. The van der Waals surface area contributed by atoms with E-state index in [9.17, 15) is 4.79 Å². The maximum Gasteiger partial charge on any atom is 0.246 e. The van der Waals surface area contributed by atoms with Crippen LogP contribution in [0.1, 0.15) is 44.0 Å². The SMILES string of the molecule is CC[C@@H]1CCC(=NNC(=O)Cc2cc(C)[nH]n2)C1. The second-order valence-corrected chi connectivity index (χ2v) is 4.95. The number of nitrogens with zero attached hydrogens (tertiary/aromatic N) is 2. The van der Waals surface area contributed by atoms with Crippen LogP contribution < -0.4 is 5.43 Å². The minimum atomic E-state index is -0.103. The summed E-state index contributed by atoms with van der Waals surface area (Å²) in [5, 5.41) is 11.0. The average Bonchev–Trinajstić information content (AvgIpc) is 2.95. The minimum Gasteiger partial charge on any atom is -0.283 e. The molecule has 2 rings (SSSR count). The third-order valence-corrected chi connectivity index (χ3v) is 3.38. The quantitative estimate of drug-likeness (QED) is 0.799. The van der Waals surface area contributed by atoms with E-state index >= 15 is 0 Å². The molecule has 1 aromatic rings. The standard InChI is InChI=1S/C13H20N4O/c1-3-10-4-5-11(7-10)15-17-13(18)8-12-6-9(2)14-16-12/h6,10H,3-5,7-8H2,1-2H3,(H,14,16)(H,17,18)/t10-/m1/s1. The van der Waals surface area contributed by atoms with Gasteiger partial charge in [-0.2, -0.15) is 10.2 Å². The Balaban J connectivity index is 1.80. The summed E-state index contributed by atoms with van der Waals surface area (Å²) in [6.45, 7) is 4.12. The van der Waals surface area contributed by atoms with Crippen molar-refractivity contribution >= 4 is 11.6 Å². The van der Waals surface area contributed by atoms with Crippen LogP contribution >= 0.6 is 0 Å². The second-order valence-electron chi connectivity index (χ2n) is 4.95. The van der Waals surface area contributed by atoms with Gasteiger partial charge in [0.25, 0.3) is 0 Å². The molecule has 5 heteroatoms. The molecule has 0 spiro atoms. The molecule has 0 saturated heterocycles. The number of carbonyl (C=O) groups is 1. The van der Waals surface area contributed by atoms with Crippen molar-refractivity contribution in [2.24, 2.45) is 11.0 Å². The molecule has 1 aliphatic carbocycles. The number of amides is 1. The van der Waals surface area contributed by atoms with Crippen LogP contribution in [0.3, 0.4) is 0 Å². The van der Waals surface area contributed by atoms with E-state index in [0.717, 1.165) is 35.9 Å². The molecule has 18 heavy (non-hydrogen) atoms. The molecule has 0 bridgehead atoms. The molecular formula is C13H20N4O. The van der Waals surface area contributed by atoms with E-state index in [1.54, 1.807) is 0 Å². The average molecular weight is 248 g/mol. The van der Waals surface area contributed by atoms with E-state index in [4.69, 9.17) is 0 Å². The molecule has 0 aliphatic heterocycles. The zero-order chi connectivity index (χ0) is 13.0. The molecule has 1 aliphatic rings. The van der Waals surface area contributed by atoms with Gasteiger partial charge in [0.15, 0.2) is 0 Å². The summed E-state index contributed by atoms with van der Waals surface area (Å²) in [7, 11) is 0. The van der Waals surface area contributed by atoms with E-state index in [1.165, 1.54) is 12.8 Å². The number of hydrogen-bond acceptors (Lipinski definition) is 3. The molecule has 2 N–H and O–H groups in total. The van der Waals surface area contributed by atoms with Crippen molar-refractivity contribution < 1.29 is 4.79 Å². The third kappa shape index (κ3) is 3.42. The number of aromatic nitrogens is 2. The molecule has 1 heterocycles. The highest BCUT2D eigenvalue weighted by atomic mass is 16.2. The van der Waals surface area contributed by atoms with E-state index in [1.807, 2.05) is 13.0 Å². The van der Waals surface area contributed by atoms with Crippen LogP contribution in [-0.2, 0) is 11.2 Å². The summed E-state index contributed by atoms with van der Waals surface area (Å²) in [6, 6.07) is 1.87. The highest BCUT2D eigenvalue weighted by Gasteiger charge is 2.19. The lowest BCUT2D eigenvalue weighted by Gasteiger charge is -2.01. The van der Waals surface area contributed by atoms with Gasteiger partial charge in [0.05, 0.1) is 12.1 Å². The number of hydrazone groups is 1. The minimum absolute atomic E-state index is 0.103. The molecule has 1 amide bonds. The highest BCUT2D eigenvalue weighted by Crippen LogP contribution is 2.25. The molecule has 1 fully saturated rings. The Kier molecular flexibility index (Phi) is 4.12. The number of aromatic amines is 1. The number of H-pyrrole nitrogens is 1. The van der Waals surface area contributed by atoms with E-state index in [2.05, 4.69) is 27.6 Å². The van der Waals surface area contributed by atoms with Gasteiger partial charge in [-0.25, -0.2) is 5.43 Å². The first-order valence-corrected chi connectivity index (χ1v) is 6.52. The van der Waals surface area contributed by atoms with Gasteiger partial charge in [0.1, 0.15) is 0 Å². The monoisotopic (exact) mass is 248 g/mol. The van der Waals surface area contributed by atoms with Crippen LogP contribution in [0, 0.1) is 12.8 Å². The zero-order valence-corrected chi connectivity index (χ0v) is 11.0. The normalized spacial score (nSPS) is 21.4. The maximum atomic E-state index is 11.7. The Bertz CT molecular complexity index is 450. The molecule has 1 aromatic heterocycles. The van der Waals surface area contributed by atoms with Gasteiger partial charge in [-0.05, 0) is 38.2 Å².